The van der Waals surface area contributed by atoms with E-state index in [0.717, 1.165) is 12.2 Å². The maximum absolute atomic E-state index is 11.9. The Balaban J connectivity index is 1.96. The third-order valence-electron chi connectivity index (χ3n) is 3.88. The molecule has 0 amide bonds. The number of rotatable bonds is 3. The van der Waals surface area contributed by atoms with Crippen LogP contribution in [0.4, 0.5) is 5.69 Å². The van der Waals surface area contributed by atoms with Gasteiger partial charge in [-0.05, 0) is 30.9 Å². The topological polar surface area (TPSA) is 77.8 Å². The number of benzene rings is 1. The van der Waals surface area contributed by atoms with E-state index in [2.05, 4.69) is 15.5 Å². The normalized spacial score (nSPS) is 16.0. The molecule has 100 valence electrons. The fourth-order valence-electron chi connectivity index (χ4n) is 2.85. The molecule has 1 aromatic carbocycles. The molecule has 0 unspecified atom stereocenters. The van der Waals surface area contributed by atoms with Gasteiger partial charge in [0.2, 0.25) is 0 Å². The number of hydrogen-bond donors (Lipinski definition) is 3. The van der Waals surface area contributed by atoms with Gasteiger partial charge in [0.15, 0.2) is 0 Å². The summed E-state index contributed by atoms with van der Waals surface area (Å²) in [4.78, 5) is 23.6. The summed E-state index contributed by atoms with van der Waals surface area (Å²) in [7, 11) is 0. The Hall–Kier alpha value is -2.04. The van der Waals surface area contributed by atoms with Crippen molar-refractivity contribution < 1.29 is 0 Å². The van der Waals surface area contributed by atoms with E-state index >= 15 is 0 Å². The minimum atomic E-state index is -0.265. The van der Waals surface area contributed by atoms with Gasteiger partial charge in [0.25, 0.3) is 11.1 Å². The molecule has 3 rings (SSSR count). The van der Waals surface area contributed by atoms with Crippen molar-refractivity contribution >= 4 is 16.5 Å². The molecule has 5 nitrogen and oxygen atoms in total. The van der Waals surface area contributed by atoms with E-state index < -0.39 is 0 Å². The van der Waals surface area contributed by atoms with Gasteiger partial charge in [-0.2, -0.15) is 0 Å². The summed E-state index contributed by atoms with van der Waals surface area (Å²) < 4.78 is 0. The van der Waals surface area contributed by atoms with Crippen LogP contribution in [0.2, 0.25) is 0 Å². The standard InChI is InChI=1S/C14H17N3O2/c18-13-10-6-3-7-11(12(10)14(19)17-16-13)15-8-9-4-1-2-5-9/h3,6-7,9,15H,1-2,4-5,8H2,(H,16,18)(H,17,19). The zero-order valence-electron chi connectivity index (χ0n) is 10.7. The fourth-order valence-corrected chi connectivity index (χ4v) is 2.85. The minimum Gasteiger partial charge on any atom is -0.384 e. The molecule has 1 heterocycles. The van der Waals surface area contributed by atoms with Crippen molar-refractivity contribution in [3.05, 3.63) is 38.9 Å². The molecule has 0 atom stereocenters. The van der Waals surface area contributed by atoms with E-state index in [1.807, 2.05) is 6.07 Å². The van der Waals surface area contributed by atoms with Crippen LogP contribution in [0.25, 0.3) is 10.8 Å². The molecule has 1 aliphatic rings. The van der Waals surface area contributed by atoms with Crippen LogP contribution in [-0.2, 0) is 0 Å². The molecule has 1 fully saturated rings. The van der Waals surface area contributed by atoms with Crippen LogP contribution in [-0.4, -0.2) is 16.7 Å². The summed E-state index contributed by atoms with van der Waals surface area (Å²) in [6, 6.07) is 5.32. The lowest BCUT2D eigenvalue weighted by atomic mass is 10.1. The molecular formula is C14H17N3O2. The molecule has 0 saturated heterocycles. The Morgan fingerprint density at radius 2 is 1.84 bits per heavy atom. The highest BCUT2D eigenvalue weighted by molar-refractivity contribution is 5.92. The third-order valence-corrected chi connectivity index (χ3v) is 3.88. The average Bonchev–Trinajstić information content (AvgIpc) is 2.94. The first kappa shape index (κ1) is 12.0. The first-order valence-electron chi connectivity index (χ1n) is 6.73. The van der Waals surface area contributed by atoms with Crippen molar-refractivity contribution in [2.24, 2.45) is 5.92 Å². The van der Waals surface area contributed by atoms with Crippen LogP contribution < -0.4 is 16.4 Å². The Morgan fingerprint density at radius 3 is 2.63 bits per heavy atom. The molecule has 0 bridgehead atoms. The lowest BCUT2D eigenvalue weighted by Gasteiger charge is -2.13. The highest BCUT2D eigenvalue weighted by Crippen LogP contribution is 2.25. The molecule has 0 radical (unpaired) electrons. The van der Waals surface area contributed by atoms with Crippen molar-refractivity contribution in [3.63, 3.8) is 0 Å². The summed E-state index contributed by atoms with van der Waals surface area (Å²) in [5.74, 6) is 0.677. The fraction of sp³-hybridized carbons (Fsp3) is 0.429. The predicted molar refractivity (Wildman–Crippen MR) is 75.6 cm³/mol. The maximum atomic E-state index is 11.9. The summed E-state index contributed by atoms with van der Waals surface area (Å²) in [6.07, 6.45) is 5.08. The van der Waals surface area contributed by atoms with E-state index in [1.54, 1.807) is 12.1 Å². The van der Waals surface area contributed by atoms with Crippen molar-refractivity contribution in [3.8, 4) is 0 Å². The maximum Gasteiger partial charge on any atom is 0.272 e. The molecule has 0 spiro atoms. The summed E-state index contributed by atoms with van der Waals surface area (Å²) in [5.41, 5.74) is 0.222. The van der Waals surface area contributed by atoms with Crippen LogP contribution in [0.1, 0.15) is 25.7 Å². The SMILES string of the molecule is O=c1[nH][nH]c(=O)c2c(NCC3CCCC3)cccc12. The highest BCUT2D eigenvalue weighted by atomic mass is 16.1. The number of aromatic nitrogens is 2. The molecule has 19 heavy (non-hydrogen) atoms. The third kappa shape index (κ3) is 2.28. The number of H-pyrrole nitrogens is 2. The molecule has 1 saturated carbocycles. The van der Waals surface area contributed by atoms with Gasteiger partial charge in [-0.3, -0.25) is 19.8 Å². The monoisotopic (exact) mass is 259 g/mol. The highest BCUT2D eigenvalue weighted by Gasteiger charge is 2.15. The average molecular weight is 259 g/mol. The van der Waals surface area contributed by atoms with Gasteiger partial charge in [-0.25, -0.2) is 0 Å². The largest absolute Gasteiger partial charge is 0.384 e. The molecule has 5 heteroatoms. The van der Waals surface area contributed by atoms with E-state index in [0.29, 0.717) is 16.7 Å². The van der Waals surface area contributed by atoms with Crippen molar-refractivity contribution in [2.45, 2.75) is 25.7 Å². The summed E-state index contributed by atoms with van der Waals surface area (Å²) in [6.45, 7) is 0.866. The molecular weight excluding hydrogens is 242 g/mol. The first-order chi connectivity index (χ1) is 9.25. The number of nitrogens with one attached hydrogen (secondary N) is 3. The van der Waals surface area contributed by atoms with Gasteiger partial charge in [0, 0.05) is 12.2 Å². The van der Waals surface area contributed by atoms with E-state index in [9.17, 15) is 9.59 Å². The van der Waals surface area contributed by atoms with E-state index in [-0.39, 0.29) is 11.1 Å². The van der Waals surface area contributed by atoms with Gasteiger partial charge >= 0.3 is 0 Å². The van der Waals surface area contributed by atoms with Crippen LogP contribution in [0.5, 0.6) is 0 Å². The van der Waals surface area contributed by atoms with Crippen LogP contribution in [0, 0.1) is 5.92 Å². The minimum absolute atomic E-state index is 0.260. The van der Waals surface area contributed by atoms with Gasteiger partial charge in [0.05, 0.1) is 10.8 Å². The second-order valence-corrected chi connectivity index (χ2v) is 5.17. The molecule has 1 aromatic heterocycles. The number of aromatic amines is 2. The van der Waals surface area contributed by atoms with Gasteiger partial charge in [-0.1, -0.05) is 18.9 Å². The quantitative estimate of drug-likeness (QED) is 0.786. The van der Waals surface area contributed by atoms with Gasteiger partial charge in [-0.15, -0.1) is 0 Å². The second kappa shape index (κ2) is 4.91. The number of anilines is 1. The molecule has 1 aliphatic carbocycles. The Morgan fingerprint density at radius 1 is 1.11 bits per heavy atom. The van der Waals surface area contributed by atoms with E-state index in [4.69, 9.17) is 0 Å². The first-order valence-corrected chi connectivity index (χ1v) is 6.73. The second-order valence-electron chi connectivity index (χ2n) is 5.17. The summed E-state index contributed by atoms with van der Waals surface area (Å²) >= 11 is 0. The predicted octanol–water partition coefficient (Wildman–Crippen LogP) is 1.82. The van der Waals surface area contributed by atoms with Gasteiger partial charge in [0.1, 0.15) is 0 Å². The number of hydrogen-bond acceptors (Lipinski definition) is 3. The number of fused-ring (bicyclic) bond motifs is 1. The lowest BCUT2D eigenvalue weighted by molar-refractivity contribution is 0.580. The Bertz CT molecular complexity index is 696. The van der Waals surface area contributed by atoms with Crippen molar-refractivity contribution in [1.82, 2.24) is 10.2 Å². The Labute approximate surface area is 110 Å². The van der Waals surface area contributed by atoms with Crippen molar-refractivity contribution in [2.75, 3.05) is 11.9 Å². The summed E-state index contributed by atoms with van der Waals surface area (Å²) in [5, 5.41) is 8.93. The smallest absolute Gasteiger partial charge is 0.272 e. The van der Waals surface area contributed by atoms with Crippen LogP contribution >= 0.6 is 0 Å². The van der Waals surface area contributed by atoms with Crippen LogP contribution in [0.3, 0.4) is 0 Å². The zero-order valence-corrected chi connectivity index (χ0v) is 10.7. The van der Waals surface area contributed by atoms with Gasteiger partial charge < -0.3 is 5.32 Å². The molecule has 0 aliphatic heterocycles. The zero-order chi connectivity index (χ0) is 13.2. The van der Waals surface area contributed by atoms with Crippen molar-refractivity contribution in [1.29, 1.82) is 0 Å². The molecule has 3 N–H and O–H groups in total. The van der Waals surface area contributed by atoms with E-state index in [1.165, 1.54) is 25.7 Å². The lowest BCUT2D eigenvalue weighted by Crippen LogP contribution is -2.21. The Kier molecular flexibility index (Phi) is 3.11. The molecule has 2 aromatic rings. The van der Waals surface area contributed by atoms with Crippen LogP contribution in [0.15, 0.2) is 27.8 Å².